The van der Waals surface area contributed by atoms with Crippen molar-refractivity contribution in [2.75, 3.05) is 11.3 Å². The van der Waals surface area contributed by atoms with Gasteiger partial charge in [-0.1, -0.05) is 74.3 Å². The van der Waals surface area contributed by atoms with Crippen molar-refractivity contribution in [3.05, 3.63) is 93.4 Å². The maximum Gasteiger partial charge on any atom is 0.342 e. The summed E-state index contributed by atoms with van der Waals surface area (Å²) in [5.74, 6) is -0.632. The van der Waals surface area contributed by atoms with E-state index >= 15 is 0 Å². The van der Waals surface area contributed by atoms with Crippen LogP contribution >= 0.6 is 31.9 Å². The van der Waals surface area contributed by atoms with Crippen LogP contribution in [0.3, 0.4) is 0 Å². The van der Waals surface area contributed by atoms with Crippen molar-refractivity contribution in [3.8, 4) is 22.5 Å². The third-order valence-electron chi connectivity index (χ3n) is 5.04. The summed E-state index contributed by atoms with van der Waals surface area (Å²) in [6, 6.07) is 22.8. The fourth-order valence-electron chi connectivity index (χ4n) is 3.47. The number of hydrogen-bond donors (Lipinski definition) is 2. The van der Waals surface area contributed by atoms with Gasteiger partial charge in [-0.25, -0.2) is 13.2 Å². The number of carbonyl (C=O) groups excluding carboxylic acids is 1. The molecule has 0 saturated heterocycles. The highest BCUT2D eigenvalue weighted by atomic mass is 79.9. The number of anilines is 1. The molecule has 2 N–H and O–H groups in total. The van der Waals surface area contributed by atoms with Crippen LogP contribution < -0.4 is 4.72 Å². The molecule has 3 aromatic carbocycles. The first-order valence-corrected chi connectivity index (χ1v) is 13.4. The molecular weight excluding hydrogens is 584 g/mol. The standard InChI is InChI=1S/C25H20Br2N2O4S/c1-2-33-25(30)21-22(17-8-10-18(26)11-9-17)28-23(16-6-4-3-5-7-16)24(21)29-34(31,32)20-14-12-19(27)13-15-20/h3-15,28-29H,2H2,1H3. The molecule has 0 atom stereocenters. The summed E-state index contributed by atoms with van der Waals surface area (Å²) >= 11 is 6.74. The van der Waals surface area contributed by atoms with E-state index in [2.05, 4.69) is 41.6 Å². The summed E-state index contributed by atoms with van der Waals surface area (Å²) in [4.78, 5) is 16.5. The number of halogens is 2. The smallest absolute Gasteiger partial charge is 0.342 e. The molecule has 0 aliphatic heterocycles. The number of carbonyl (C=O) groups is 1. The number of aromatic nitrogens is 1. The lowest BCUT2D eigenvalue weighted by Crippen LogP contribution is -2.16. The zero-order valence-electron chi connectivity index (χ0n) is 18.0. The second kappa shape index (κ2) is 10.2. The van der Waals surface area contributed by atoms with Crippen molar-refractivity contribution in [1.82, 2.24) is 4.98 Å². The molecule has 0 unspecified atom stereocenters. The van der Waals surface area contributed by atoms with Crippen LogP contribution in [0, 0.1) is 0 Å². The Hall–Kier alpha value is -2.88. The highest BCUT2D eigenvalue weighted by Crippen LogP contribution is 2.40. The van der Waals surface area contributed by atoms with Gasteiger partial charge < -0.3 is 9.72 Å². The Bertz CT molecular complexity index is 1420. The van der Waals surface area contributed by atoms with E-state index in [0.717, 1.165) is 8.95 Å². The Kier molecular flexibility index (Phi) is 7.25. The minimum atomic E-state index is -4.01. The molecule has 1 aromatic heterocycles. The van der Waals surface area contributed by atoms with Gasteiger partial charge >= 0.3 is 5.97 Å². The number of H-pyrrole nitrogens is 1. The highest BCUT2D eigenvalue weighted by molar-refractivity contribution is 9.10. The predicted molar refractivity (Wildman–Crippen MR) is 140 cm³/mol. The number of ether oxygens (including phenoxy) is 1. The Labute approximate surface area is 214 Å². The van der Waals surface area contributed by atoms with E-state index in [9.17, 15) is 13.2 Å². The summed E-state index contributed by atoms with van der Waals surface area (Å²) in [6.07, 6.45) is 0. The maximum absolute atomic E-state index is 13.3. The van der Waals surface area contributed by atoms with Gasteiger partial charge in [0.2, 0.25) is 0 Å². The summed E-state index contributed by atoms with van der Waals surface area (Å²) in [5, 5.41) is 0. The van der Waals surface area contributed by atoms with Crippen LogP contribution in [0.4, 0.5) is 5.69 Å². The third-order valence-corrected chi connectivity index (χ3v) is 7.46. The van der Waals surface area contributed by atoms with Gasteiger partial charge in [0.1, 0.15) is 5.56 Å². The summed E-state index contributed by atoms with van der Waals surface area (Å²) < 4.78 is 36.2. The van der Waals surface area contributed by atoms with Gasteiger partial charge in [0.25, 0.3) is 10.0 Å². The van der Waals surface area contributed by atoms with Crippen molar-refractivity contribution < 1.29 is 17.9 Å². The van der Waals surface area contributed by atoms with E-state index in [1.807, 2.05) is 54.6 Å². The Morgan fingerprint density at radius 3 is 2.00 bits per heavy atom. The molecule has 1 heterocycles. The average Bonchev–Trinajstić information content (AvgIpc) is 3.19. The molecule has 0 fully saturated rings. The van der Waals surface area contributed by atoms with Gasteiger partial charge in [-0.05, 0) is 48.9 Å². The van der Waals surface area contributed by atoms with Crippen LogP contribution in [0.1, 0.15) is 17.3 Å². The highest BCUT2D eigenvalue weighted by Gasteiger charge is 2.29. The summed E-state index contributed by atoms with van der Waals surface area (Å²) in [5.41, 5.74) is 2.58. The Morgan fingerprint density at radius 2 is 1.41 bits per heavy atom. The monoisotopic (exact) mass is 602 g/mol. The molecule has 9 heteroatoms. The summed E-state index contributed by atoms with van der Waals surface area (Å²) in [7, 11) is -4.01. The van der Waals surface area contributed by atoms with Crippen LogP contribution in [0.5, 0.6) is 0 Å². The van der Waals surface area contributed by atoms with E-state index in [1.54, 1.807) is 19.1 Å². The first-order valence-electron chi connectivity index (χ1n) is 10.3. The zero-order valence-corrected chi connectivity index (χ0v) is 22.0. The molecule has 174 valence electrons. The number of rotatable bonds is 7. The van der Waals surface area contributed by atoms with Gasteiger partial charge in [0.15, 0.2) is 0 Å². The van der Waals surface area contributed by atoms with E-state index in [0.29, 0.717) is 22.5 Å². The molecule has 0 radical (unpaired) electrons. The van der Waals surface area contributed by atoms with Crippen molar-refractivity contribution >= 4 is 53.5 Å². The molecule has 0 bridgehead atoms. The second-order valence-electron chi connectivity index (χ2n) is 7.28. The van der Waals surface area contributed by atoms with Crippen LogP contribution in [-0.2, 0) is 14.8 Å². The van der Waals surface area contributed by atoms with Crippen molar-refractivity contribution in [3.63, 3.8) is 0 Å². The van der Waals surface area contributed by atoms with E-state index in [-0.39, 0.29) is 22.8 Å². The molecule has 6 nitrogen and oxygen atoms in total. The lowest BCUT2D eigenvalue weighted by molar-refractivity contribution is 0.0528. The number of esters is 1. The summed E-state index contributed by atoms with van der Waals surface area (Å²) in [6.45, 7) is 1.84. The van der Waals surface area contributed by atoms with Crippen molar-refractivity contribution in [2.24, 2.45) is 0 Å². The number of hydrogen-bond acceptors (Lipinski definition) is 4. The molecular formula is C25H20Br2N2O4S. The SMILES string of the molecule is CCOC(=O)c1c(-c2ccc(Br)cc2)[nH]c(-c2ccccc2)c1NS(=O)(=O)c1ccc(Br)cc1. The number of sulfonamides is 1. The first kappa shape index (κ1) is 24.3. The van der Waals surface area contributed by atoms with E-state index in [4.69, 9.17) is 4.74 Å². The maximum atomic E-state index is 13.3. The molecule has 0 aliphatic carbocycles. The second-order valence-corrected chi connectivity index (χ2v) is 10.8. The quantitative estimate of drug-likeness (QED) is 0.226. The lowest BCUT2D eigenvalue weighted by atomic mass is 10.1. The Morgan fingerprint density at radius 1 is 0.853 bits per heavy atom. The first-order chi connectivity index (χ1) is 16.3. The van der Waals surface area contributed by atoms with E-state index < -0.39 is 16.0 Å². The number of aromatic amines is 1. The fourth-order valence-corrected chi connectivity index (χ4v) is 5.08. The van der Waals surface area contributed by atoms with Gasteiger partial charge in [0, 0.05) is 14.5 Å². The molecule has 4 aromatic rings. The topological polar surface area (TPSA) is 88.3 Å². The van der Waals surface area contributed by atoms with Crippen LogP contribution in [-0.4, -0.2) is 26.0 Å². The van der Waals surface area contributed by atoms with Gasteiger partial charge in [-0.3, -0.25) is 4.72 Å². The van der Waals surface area contributed by atoms with Gasteiger partial charge in [-0.2, -0.15) is 0 Å². The normalized spacial score (nSPS) is 11.3. The lowest BCUT2D eigenvalue weighted by Gasteiger charge is -2.12. The molecule has 0 spiro atoms. The van der Waals surface area contributed by atoms with Crippen LogP contribution in [0.2, 0.25) is 0 Å². The zero-order chi connectivity index (χ0) is 24.3. The van der Waals surface area contributed by atoms with Gasteiger partial charge in [0.05, 0.1) is 28.6 Å². The van der Waals surface area contributed by atoms with Gasteiger partial charge in [-0.15, -0.1) is 0 Å². The van der Waals surface area contributed by atoms with Crippen molar-refractivity contribution in [1.29, 1.82) is 0 Å². The minimum Gasteiger partial charge on any atom is -0.462 e. The largest absolute Gasteiger partial charge is 0.462 e. The Balaban J connectivity index is 1.96. The van der Waals surface area contributed by atoms with Crippen LogP contribution in [0.25, 0.3) is 22.5 Å². The molecule has 0 saturated carbocycles. The minimum absolute atomic E-state index is 0.0657. The molecule has 4 rings (SSSR count). The fraction of sp³-hybridized carbons (Fsp3) is 0.0800. The average molecular weight is 604 g/mol. The third kappa shape index (κ3) is 5.11. The molecule has 0 amide bonds. The predicted octanol–water partition coefficient (Wildman–Crippen LogP) is 6.85. The van der Waals surface area contributed by atoms with Crippen LogP contribution in [0.15, 0.2) is 92.7 Å². The van der Waals surface area contributed by atoms with Crippen molar-refractivity contribution in [2.45, 2.75) is 11.8 Å². The number of benzene rings is 3. The molecule has 34 heavy (non-hydrogen) atoms. The molecule has 0 aliphatic rings. The van der Waals surface area contributed by atoms with E-state index in [1.165, 1.54) is 12.1 Å². The number of nitrogens with one attached hydrogen (secondary N) is 2.